The van der Waals surface area contributed by atoms with Crippen LogP contribution in [0.4, 0.5) is 0 Å². The maximum atomic E-state index is 12.9. The van der Waals surface area contributed by atoms with E-state index in [9.17, 15) is 9.59 Å². The molecular weight excluding hydrogens is 394 g/mol. The van der Waals surface area contributed by atoms with Gasteiger partial charge in [-0.3, -0.25) is 14.2 Å². The van der Waals surface area contributed by atoms with Gasteiger partial charge in [0.05, 0.1) is 16.2 Å². The minimum absolute atomic E-state index is 0.0128. The molecule has 1 aliphatic carbocycles. The third kappa shape index (κ3) is 3.97. The summed E-state index contributed by atoms with van der Waals surface area (Å²) in [5.41, 5.74) is 0.581. The number of fused-ring (bicyclic) bond motifs is 2. The summed E-state index contributed by atoms with van der Waals surface area (Å²) < 4.78 is 1.55. The molecule has 4 atom stereocenters. The Hall–Kier alpha value is -2.34. The summed E-state index contributed by atoms with van der Waals surface area (Å²) in [6, 6.07) is 12.0. The summed E-state index contributed by atoms with van der Waals surface area (Å²) in [6.45, 7) is 6.37. The number of nitrogens with one attached hydrogen (secondary N) is 1. The first-order valence-electron chi connectivity index (χ1n) is 10.7. The number of amides is 1. The van der Waals surface area contributed by atoms with Gasteiger partial charge in [0.15, 0.2) is 5.16 Å². The van der Waals surface area contributed by atoms with Crippen LogP contribution in [0.5, 0.6) is 0 Å². The third-order valence-electron chi connectivity index (χ3n) is 6.59. The Bertz CT molecular complexity index is 1160. The van der Waals surface area contributed by atoms with E-state index in [2.05, 4.69) is 19.2 Å². The number of thioether (sulfide) groups is 1. The van der Waals surface area contributed by atoms with Gasteiger partial charge in [0.1, 0.15) is 0 Å². The van der Waals surface area contributed by atoms with Crippen LogP contribution < -0.4 is 10.9 Å². The standard InChI is InChI=1S/C24H29N3O2S/c1-14-8-7-11-20(15(14)2)25-22(28)16(3)30-24-26-21-13-18-10-6-5-9-17(18)12-19(21)23(29)27(24)4/h5-6,9-10,12-16,20H,7-8,11H2,1-4H3,(H,25,28)/t14-,15+,16+,20-/m0/s1. The molecule has 30 heavy (non-hydrogen) atoms. The second-order valence-electron chi connectivity index (χ2n) is 8.62. The van der Waals surface area contributed by atoms with Crippen LogP contribution in [0.15, 0.2) is 46.3 Å². The molecule has 1 N–H and O–H groups in total. The quantitative estimate of drug-likeness (QED) is 0.381. The molecule has 6 heteroatoms. The van der Waals surface area contributed by atoms with Crippen LogP contribution in [0.3, 0.4) is 0 Å². The van der Waals surface area contributed by atoms with Crippen molar-refractivity contribution in [1.82, 2.24) is 14.9 Å². The molecular formula is C24H29N3O2S. The van der Waals surface area contributed by atoms with Gasteiger partial charge in [0.25, 0.3) is 5.56 Å². The van der Waals surface area contributed by atoms with Crippen molar-refractivity contribution in [2.75, 3.05) is 0 Å². The number of carbonyl (C=O) groups is 1. The first kappa shape index (κ1) is 20.9. The van der Waals surface area contributed by atoms with Crippen molar-refractivity contribution in [2.45, 2.75) is 56.5 Å². The van der Waals surface area contributed by atoms with Gasteiger partial charge < -0.3 is 5.32 Å². The molecule has 0 unspecified atom stereocenters. The fourth-order valence-electron chi connectivity index (χ4n) is 4.34. The van der Waals surface area contributed by atoms with Crippen molar-refractivity contribution in [2.24, 2.45) is 18.9 Å². The van der Waals surface area contributed by atoms with E-state index in [1.165, 1.54) is 18.2 Å². The lowest BCUT2D eigenvalue weighted by Gasteiger charge is -2.35. The van der Waals surface area contributed by atoms with Crippen molar-refractivity contribution in [3.63, 3.8) is 0 Å². The van der Waals surface area contributed by atoms with Crippen molar-refractivity contribution in [3.05, 3.63) is 46.8 Å². The lowest BCUT2D eigenvalue weighted by molar-refractivity contribution is -0.121. The lowest BCUT2D eigenvalue weighted by atomic mass is 9.78. The van der Waals surface area contributed by atoms with Crippen molar-refractivity contribution in [1.29, 1.82) is 0 Å². The van der Waals surface area contributed by atoms with E-state index in [0.717, 1.165) is 23.6 Å². The number of benzene rings is 2. The van der Waals surface area contributed by atoms with E-state index in [1.54, 1.807) is 11.6 Å². The number of hydrogen-bond donors (Lipinski definition) is 1. The number of aromatic nitrogens is 2. The predicted molar refractivity (Wildman–Crippen MR) is 124 cm³/mol. The van der Waals surface area contributed by atoms with Crippen LogP contribution in [0.1, 0.15) is 40.0 Å². The van der Waals surface area contributed by atoms with E-state index in [-0.39, 0.29) is 22.8 Å². The van der Waals surface area contributed by atoms with Crippen molar-refractivity contribution in [3.8, 4) is 0 Å². The van der Waals surface area contributed by atoms with Gasteiger partial charge in [-0.1, -0.05) is 62.7 Å². The van der Waals surface area contributed by atoms with Crippen molar-refractivity contribution < 1.29 is 4.79 Å². The van der Waals surface area contributed by atoms with Gasteiger partial charge in [-0.25, -0.2) is 4.98 Å². The lowest BCUT2D eigenvalue weighted by Crippen LogP contribution is -2.46. The molecule has 3 aromatic rings. The zero-order valence-electron chi connectivity index (χ0n) is 18.0. The van der Waals surface area contributed by atoms with Crippen LogP contribution in [0.25, 0.3) is 21.7 Å². The molecule has 1 aliphatic rings. The molecule has 4 rings (SSSR count). The first-order chi connectivity index (χ1) is 14.3. The van der Waals surface area contributed by atoms with Gasteiger partial charge in [-0.15, -0.1) is 0 Å². The smallest absolute Gasteiger partial charge is 0.261 e. The molecule has 0 bridgehead atoms. The molecule has 0 radical (unpaired) electrons. The van der Waals surface area contributed by atoms with Gasteiger partial charge in [0, 0.05) is 13.1 Å². The number of rotatable bonds is 4. The Morgan fingerprint density at radius 3 is 2.63 bits per heavy atom. The summed E-state index contributed by atoms with van der Waals surface area (Å²) in [6.07, 6.45) is 3.43. The van der Waals surface area contributed by atoms with E-state index in [0.29, 0.717) is 27.9 Å². The highest BCUT2D eigenvalue weighted by Crippen LogP contribution is 2.30. The van der Waals surface area contributed by atoms with Crippen LogP contribution in [0.2, 0.25) is 0 Å². The zero-order chi connectivity index (χ0) is 21.4. The molecule has 158 valence electrons. The molecule has 1 amide bonds. The summed E-state index contributed by atoms with van der Waals surface area (Å²) >= 11 is 1.34. The highest BCUT2D eigenvalue weighted by molar-refractivity contribution is 8.00. The molecule has 1 heterocycles. The maximum absolute atomic E-state index is 12.9. The minimum Gasteiger partial charge on any atom is -0.352 e. The van der Waals surface area contributed by atoms with E-state index >= 15 is 0 Å². The highest BCUT2D eigenvalue weighted by Gasteiger charge is 2.29. The molecule has 1 saturated carbocycles. The van der Waals surface area contributed by atoms with Gasteiger partial charge in [-0.05, 0) is 48.1 Å². The molecule has 2 aromatic carbocycles. The molecule has 0 spiro atoms. The molecule has 1 fully saturated rings. The monoisotopic (exact) mass is 423 g/mol. The van der Waals surface area contributed by atoms with E-state index in [1.807, 2.05) is 43.3 Å². The highest BCUT2D eigenvalue weighted by atomic mass is 32.2. The van der Waals surface area contributed by atoms with Gasteiger partial charge in [-0.2, -0.15) is 0 Å². The van der Waals surface area contributed by atoms with Gasteiger partial charge >= 0.3 is 0 Å². The topological polar surface area (TPSA) is 64.0 Å². The van der Waals surface area contributed by atoms with Gasteiger partial charge in [0.2, 0.25) is 5.91 Å². The Balaban J connectivity index is 1.58. The SMILES string of the molecule is C[C@H]1[C@@H](NC(=O)[C@@H](C)Sc2nc3cc4ccccc4cc3c(=O)n2C)CCC[C@@H]1C. The molecule has 0 aliphatic heterocycles. The molecule has 5 nitrogen and oxygen atoms in total. The molecule has 1 aromatic heterocycles. The van der Waals surface area contributed by atoms with Crippen molar-refractivity contribution >= 4 is 39.3 Å². The second kappa shape index (κ2) is 8.42. The normalized spacial score (nSPS) is 22.9. The zero-order valence-corrected chi connectivity index (χ0v) is 18.8. The Morgan fingerprint density at radius 1 is 1.20 bits per heavy atom. The van der Waals surface area contributed by atoms with Crippen LogP contribution >= 0.6 is 11.8 Å². The average molecular weight is 424 g/mol. The summed E-state index contributed by atoms with van der Waals surface area (Å²) in [4.78, 5) is 30.5. The summed E-state index contributed by atoms with van der Waals surface area (Å²) in [5, 5.41) is 6.15. The van der Waals surface area contributed by atoms with Crippen LogP contribution in [-0.2, 0) is 11.8 Å². The predicted octanol–water partition coefficient (Wildman–Crippen LogP) is 4.51. The Kier molecular flexibility index (Phi) is 5.87. The number of nitrogens with zero attached hydrogens (tertiary/aromatic N) is 2. The number of carbonyl (C=O) groups excluding carboxylic acids is 1. The van der Waals surface area contributed by atoms with E-state index in [4.69, 9.17) is 4.98 Å². The second-order valence-corrected chi connectivity index (χ2v) is 9.93. The fourth-order valence-corrected chi connectivity index (χ4v) is 5.22. The fraction of sp³-hybridized carbons (Fsp3) is 0.458. The average Bonchev–Trinajstić information content (AvgIpc) is 2.74. The third-order valence-corrected chi connectivity index (χ3v) is 7.73. The van der Waals surface area contributed by atoms with Crippen LogP contribution in [0, 0.1) is 11.8 Å². The van der Waals surface area contributed by atoms with E-state index < -0.39 is 0 Å². The summed E-state index contributed by atoms with van der Waals surface area (Å²) in [5.74, 6) is 1.12. The number of hydrogen-bond acceptors (Lipinski definition) is 4. The summed E-state index contributed by atoms with van der Waals surface area (Å²) in [7, 11) is 1.72. The van der Waals surface area contributed by atoms with Crippen LogP contribution in [-0.4, -0.2) is 26.8 Å². The largest absolute Gasteiger partial charge is 0.352 e. The minimum atomic E-state index is -0.328. The Labute approximate surface area is 181 Å². The first-order valence-corrected chi connectivity index (χ1v) is 11.6. The maximum Gasteiger partial charge on any atom is 0.261 e. The molecule has 0 saturated heterocycles. The Morgan fingerprint density at radius 2 is 1.90 bits per heavy atom.